The van der Waals surface area contributed by atoms with Gasteiger partial charge in [-0.25, -0.2) is 0 Å². The average Bonchev–Trinajstić information content (AvgIpc) is 2.48. The van der Waals surface area contributed by atoms with Crippen molar-refractivity contribution in [2.75, 3.05) is 6.61 Å². The quantitative estimate of drug-likeness (QED) is 0.622. The highest BCUT2D eigenvalue weighted by Gasteiger charge is 2.70. The summed E-state index contributed by atoms with van der Waals surface area (Å²) in [5.74, 6) is 8.34. The molecule has 7 unspecified atom stereocenters. The molecule has 4 fully saturated rings. The SMILES string of the molecule is OCCCCCCCCC1CC2C1C1C3CCCCC3C21. The maximum Gasteiger partial charge on any atom is 0.0431 e. The molecular weight excluding hydrogens is 256 g/mol. The van der Waals surface area contributed by atoms with Crippen LogP contribution in [-0.2, 0) is 0 Å². The summed E-state index contributed by atoms with van der Waals surface area (Å²) >= 11 is 0. The van der Waals surface area contributed by atoms with Crippen molar-refractivity contribution < 1.29 is 5.11 Å². The van der Waals surface area contributed by atoms with Crippen LogP contribution in [0, 0.1) is 41.4 Å². The molecule has 1 N–H and O–H groups in total. The van der Waals surface area contributed by atoms with E-state index in [2.05, 4.69) is 0 Å². The van der Waals surface area contributed by atoms with Crippen LogP contribution in [0.3, 0.4) is 0 Å². The Kier molecular flexibility index (Phi) is 4.31. The predicted molar refractivity (Wildman–Crippen MR) is 86.9 cm³/mol. The molecule has 120 valence electrons. The number of rotatable bonds is 8. The number of fused-ring (bicyclic) bond motifs is 7. The highest BCUT2D eigenvalue weighted by molar-refractivity contribution is 5.18. The van der Waals surface area contributed by atoms with Gasteiger partial charge in [-0.05, 0) is 67.1 Å². The molecule has 0 aromatic carbocycles. The van der Waals surface area contributed by atoms with Gasteiger partial charge in [-0.1, -0.05) is 51.4 Å². The highest BCUT2D eigenvalue weighted by Crippen LogP contribution is 2.76. The minimum absolute atomic E-state index is 0.385. The van der Waals surface area contributed by atoms with E-state index in [0.717, 1.165) is 12.3 Å². The van der Waals surface area contributed by atoms with Crippen molar-refractivity contribution >= 4 is 0 Å². The first-order valence-electron chi connectivity index (χ1n) is 10.0. The molecule has 21 heavy (non-hydrogen) atoms. The van der Waals surface area contributed by atoms with E-state index in [9.17, 15) is 0 Å². The molecule has 0 heterocycles. The van der Waals surface area contributed by atoms with Crippen molar-refractivity contribution in [2.45, 2.75) is 77.0 Å². The first kappa shape index (κ1) is 14.5. The van der Waals surface area contributed by atoms with Gasteiger partial charge in [0.15, 0.2) is 0 Å². The van der Waals surface area contributed by atoms with Crippen molar-refractivity contribution in [3.8, 4) is 0 Å². The second kappa shape index (κ2) is 6.22. The van der Waals surface area contributed by atoms with E-state index < -0.39 is 0 Å². The molecule has 0 saturated heterocycles. The van der Waals surface area contributed by atoms with Crippen molar-refractivity contribution in [3.63, 3.8) is 0 Å². The van der Waals surface area contributed by atoms with Gasteiger partial charge in [-0.2, -0.15) is 0 Å². The zero-order valence-corrected chi connectivity index (χ0v) is 13.7. The lowest BCUT2D eigenvalue weighted by molar-refractivity contribution is -0.287. The minimum Gasteiger partial charge on any atom is -0.396 e. The Bertz CT molecular complexity index is 346. The number of unbranched alkanes of at least 4 members (excludes halogenated alkanes) is 5. The van der Waals surface area contributed by atoms with E-state index in [4.69, 9.17) is 5.11 Å². The maximum atomic E-state index is 8.78. The van der Waals surface area contributed by atoms with Crippen LogP contribution in [0.15, 0.2) is 0 Å². The standard InChI is InChI=1S/C20H34O/c21-12-8-4-2-1-3-5-9-14-13-17-18(14)20-16-11-7-6-10-15(16)19(17)20/h14-21H,1-13H2. The smallest absolute Gasteiger partial charge is 0.0431 e. The summed E-state index contributed by atoms with van der Waals surface area (Å²) in [6, 6.07) is 0. The summed E-state index contributed by atoms with van der Waals surface area (Å²) in [6.45, 7) is 0.385. The van der Waals surface area contributed by atoms with Crippen molar-refractivity contribution in [1.82, 2.24) is 0 Å². The van der Waals surface area contributed by atoms with Crippen LogP contribution < -0.4 is 0 Å². The van der Waals surface area contributed by atoms with Gasteiger partial charge in [0.2, 0.25) is 0 Å². The van der Waals surface area contributed by atoms with Crippen LogP contribution in [-0.4, -0.2) is 11.7 Å². The topological polar surface area (TPSA) is 20.2 Å². The predicted octanol–water partition coefficient (Wildman–Crippen LogP) is 5.03. The zero-order valence-electron chi connectivity index (χ0n) is 13.7. The number of hydrogen-bond acceptors (Lipinski definition) is 1. The van der Waals surface area contributed by atoms with Gasteiger partial charge in [0, 0.05) is 6.61 Å². The number of aliphatic hydroxyl groups excluding tert-OH is 1. The third-order valence-electron chi connectivity index (χ3n) is 7.84. The van der Waals surface area contributed by atoms with Crippen LogP contribution in [0.2, 0.25) is 0 Å². The van der Waals surface area contributed by atoms with Gasteiger partial charge in [0.25, 0.3) is 0 Å². The summed E-state index contributed by atoms with van der Waals surface area (Å²) in [5.41, 5.74) is 0. The molecule has 7 atom stereocenters. The molecule has 1 heteroatoms. The molecule has 0 spiro atoms. The fourth-order valence-electron chi connectivity index (χ4n) is 6.94. The first-order chi connectivity index (χ1) is 10.4. The Hall–Kier alpha value is -0.0400. The monoisotopic (exact) mass is 290 g/mol. The Labute approximate surface area is 130 Å². The molecular formula is C20H34O. The second-order valence-corrected chi connectivity index (χ2v) is 8.64. The summed E-state index contributed by atoms with van der Waals surface area (Å²) in [4.78, 5) is 0. The van der Waals surface area contributed by atoms with Crippen molar-refractivity contribution in [1.29, 1.82) is 0 Å². The fraction of sp³-hybridized carbons (Fsp3) is 1.00. The first-order valence-corrected chi connectivity index (χ1v) is 10.0. The van der Waals surface area contributed by atoms with Gasteiger partial charge in [-0.3, -0.25) is 0 Å². The van der Waals surface area contributed by atoms with Crippen molar-refractivity contribution in [3.05, 3.63) is 0 Å². The molecule has 0 radical (unpaired) electrons. The Morgan fingerprint density at radius 3 is 2.10 bits per heavy atom. The summed E-state index contributed by atoms with van der Waals surface area (Å²) in [6.07, 6.45) is 17.3. The second-order valence-electron chi connectivity index (χ2n) is 8.64. The fourth-order valence-corrected chi connectivity index (χ4v) is 6.94. The molecule has 0 aromatic heterocycles. The number of aliphatic hydroxyl groups is 1. The van der Waals surface area contributed by atoms with Gasteiger partial charge in [-0.15, -0.1) is 0 Å². The van der Waals surface area contributed by atoms with Crippen LogP contribution in [0.25, 0.3) is 0 Å². The molecule has 0 amide bonds. The zero-order chi connectivity index (χ0) is 14.2. The molecule has 4 rings (SSSR count). The van der Waals surface area contributed by atoms with Crippen LogP contribution in [0.5, 0.6) is 0 Å². The highest BCUT2D eigenvalue weighted by atomic mass is 16.2. The van der Waals surface area contributed by atoms with Crippen LogP contribution >= 0.6 is 0 Å². The molecule has 0 bridgehead atoms. The van der Waals surface area contributed by atoms with E-state index in [1.165, 1.54) is 67.6 Å². The lowest BCUT2D eigenvalue weighted by Crippen LogP contribution is -2.71. The van der Waals surface area contributed by atoms with Gasteiger partial charge in [0.05, 0.1) is 0 Å². The van der Waals surface area contributed by atoms with Gasteiger partial charge < -0.3 is 5.11 Å². The molecule has 0 aromatic rings. The maximum absolute atomic E-state index is 8.78. The van der Waals surface area contributed by atoms with Crippen LogP contribution in [0.4, 0.5) is 0 Å². The molecule has 1 nitrogen and oxygen atoms in total. The van der Waals surface area contributed by atoms with Gasteiger partial charge in [0.1, 0.15) is 0 Å². The Morgan fingerprint density at radius 2 is 1.33 bits per heavy atom. The molecule has 4 aliphatic carbocycles. The van der Waals surface area contributed by atoms with E-state index in [-0.39, 0.29) is 0 Å². The minimum atomic E-state index is 0.385. The van der Waals surface area contributed by atoms with E-state index >= 15 is 0 Å². The largest absolute Gasteiger partial charge is 0.396 e. The van der Waals surface area contributed by atoms with Crippen molar-refractivity contribution in [2.24, 2.45) is 41.4 Å². The van der Waals surface area contributed by atoms with E-state index in [1.54, 1.807) is 38.5 Å². The average molecular weight is 290 g/mol. The summed E-state index contributed by atoms with van der Waals surface area (Å²) in [5, 5.41) is 8.78. The van der Waals surface area contributed by atoms with Crippen LogP contribution in [0.1, 0.15) is 77.0 Å². The Balaban J connectivity index is 1.13. The lowest BCUT2D eigenvalue weighted by Gasteiger charge is -2.76. The third-order valence-corrected chi connectivity index (χ3v) is 7.84. The molecule has 4 saturated carbocycles. The van der Waals surface area contributed by atoms with E-state index in [0.29, 0.717) is 6.61 Å². The molecule has 0 aliphatic heterocycles. The lowest BCUT2D eigenvalue weighted by atomic mass is 9.28. The third kappa shape index (κ3) is 2.38. The van der Waals surface area contributed by atoms with E-state index in [1.807, 2.05) is 0 Å². The molecule has 4 aliphatic rings. The summed E-state index contributed by atoms with van der Waals surface area (Å²) < 4.78 is 0. The normalized spacial score (nSPS) is 46.4. The Morgan fingerprint density at radius 1 is 0.667 bits per heavy atom. The summed E-state index contributed by atoms with van der Waals surface area (Å²) in [7, 11) is 0. The number of hydrogen-bond donors (Lipinski definition) is 1. The van der Waals surface area contributed by atoms with Gasteiger partial charge >= 0.3 is 0 Å².